The number of carbonyl (C=O) groups excluding carboxylic acids is 1. The van der Waals surface area contributed by atoms with E-state index >= 15 is 0 Å². The summed E-state index contributed by atoms with van der Waals surface area (Å²) in [7, 11) is 1.43. The van der Waals surface area contributed by atoms with Crippen LogP contribution in [0.25, 0.3) is 0 Å². The Morgan fingerprint density at radius 3 is 2.63 bits per heavy atom. The van der Waals surface area contributed by atoms with Crippen LogP contribution in [0.4, 0.5) is 0 Å². The molecule has 1 fully saturated rings. The van der Waals surface area contributed by atoms with Gasteiger partial charge in [0.2, 0.25) is 0 Å². The number of benzene rings is 2. The zero-order chi connectivity index (χ0) is 19.1. The zero-order valence-corrected chi connectivity index (χ0v) is 18.3. The van der Waals surface area contributed by atoms with Crippen LogP contribution in [-0.2, 0) is 4.74 Å². The molecule has 3 unspecified atom stereocenters. The summed E-state index contributed by atoms with van der Waals surface area (Å²) in [5, 5.41) is 0. The van der Waals surface area contributed by atoms with Crippen molar-refractivity contribution in [3.8, 4) is 0 Å². The molecule has 4 rings (SSSR count). The molecule has 2 aromatic carbocycles. The molecule has 27 heavy (non-hydrogen) atoms. The Bertz CT molecular complexity index is 861. The molecule has 0 N–H and O–H groups in total. The number of likely N-dealkylation sites (N-methyl/N-ethyl adjacent to an activating group) is 1. The predicted molar refractivity (Wildman–Crippen MR) is 116 cm³/mol. The van der Waals surface area contributed by atoms with Crippen molar-refractivity contribution in [3.05, 3.63) is 67.8 Å². The van der Waals surface area contributed by atoms with E-state index in [1.165, 1.54) is 45.9 Å². The molecule has 2 aliphatic rings. The van der Waals surface area contributed by atoms with E-state index < -0.39 is 0 Å². The molecule has 0 radical (unpaired) electrons. The van der Waals surface area contributed by atoms with Gasteiger partial charge in [0, 0.05) is 22.0 Å². The van der Waals surface area contributed by atoms with Crippen LogP contribution in [0.3, 0.4) is 0 Å². The molecule has 3 atom stereocenters. The third-order valence-corrected chi connectivity index (χ3v) is 7.58. The van der Waals surface area contributed by atoms with Crippen molar-refractivity contribution in [1.29, 1.82) is 0 Å². The lowest BCUT2D eigenvalue weighted by Crippen LogP contribution is -2.38. The Hall–Kier alpha value is -1.40. The van der Waals surface area contributed by atoms with Crippen molar-refractivity contribution in [2.75, 3.05) is 26.7 Å². The maximum Gasteiger partial charge on any atom is 0.337 e. The molecule has 0 saturated carbocycles. The maximum atomic E-state index is 11.8. The van der Waals surface area contributed by atoms with E-state index in [1.807, 2.05) is 12.1 Å². The van der Waals surface area contributed by atoms with Crippen molar-refractivity contribution in [3.63, 3.8) is 0 Å². The third-order valence-electron chi connectivity index (χ3n) is 6.42. The number of rotatable bonds is 3. The van der Waals surface area contributed by atoms with Gasteiger partial charge in [0.15, 0.2) is 0 Å². The quantitative estimate of drug-likeness (QED) is 0.465. The van der Waals surface area contributed by atoms with Crippen molar-refractivity contribution in [1.82, 2.24) is 4.90 Å². The fourth-order valence-electron chi connectivity index (χ4n) is 4.96. The number of esters is 1. The fourth-order valence-corrected chi connectivity index (χ4v) is 5.46. The molecule has 2 aromatic rings. The summed E-state index contributed by atoms with van der Waals surface area (Å²) in [6, 6.07) is 12.9. The highest BCUT2D eigenvalue weighted by atomic mass is 127. The topological polar surface area (TPSA) is 29.5 Å². The molecule has 1 saturated heterocycles. The monoisotopic (exact) mass is 475 g/mol. The van der Waals surface area contributed by atoms with Gasteiger partial charge in [0.25, 0.3) is 0 Å². The van der Waals surface area contributed by atoms with Crippen LogP contribution in [-0.4, -0.2) is 37.6 Å². The number of carbonyl (C=O) groups is 1. The summed E-state index contributed by atoms with van der Waals surface area (Å²) in [4.78, 5) is 14.4. The van der Waals surface area contributed by atoms with Crippen LogP contribution < -0.4 is 0 Å². The summed E-state index contributed by atoms with van der Waals surface area (Å²) in [6.07, 6.45) is 1.23. The number of halogens is 1. The largest absolute Gasteiger partial charge is 0.465 e. The van der Waals surface area contributed by atoms with Gasteiger partial charge in [-0.3, -0.25) is 0 Å². The van der Waals surface area contributed by atoms with Crippen molar-refractivity contribution in [2.45, 2.75) is 32.1 Å². The number of ether oxygens (including phenoxy) is 1. The first-order chi connectivity index (χ1) is 13.0. The molecule has 1 heterocycles. The molecular formula is C23H26INO2. The van der Waals surface area contributed by atoms with Gasteiger partial charge in [-0.05, 0) is 95.4 Å². The highest BCUT2D eigenvalue weighted by Crippen LogP contribution is 2.53. The van der Waals surface area contributed by atoms with Gasteiger partial charge in [-0.1, -0.05) is 25.1 Å². The zero-order valence-electron chi connectivity index (χ0n) is 16.2. The Balaban J connectivity index is 1.76. The highest BCUT2D eigenvalue weighted by molar-refractivity contribution is 14.1. The van der Waals surface area contributed by atoms with E-state index in [1.54, 1.807) is 0 Å². The van der Waals surface area contributed by atoms with E-state index in [0.717, 1.165) is 13.1 Å². The molecule has 4 heteroatoms. The van der Waals surface area contributed by atoms with Crippen LogP contribution in [0.15, 0.2) is 36.4 Å². The predicted octanol–water partition coefficient (Wildman–Crippen LogP) is 4.96. The van der Waals surface area contributed by atoms with Crippen LogP contribution in [0.1, 0.15) is 57.8 Å². The minimum absolute atomic E-state index is 0.270. The number of likely N-dealkylation sites (tertiary alicyclic amines) is 1. The second-order valence-corrected chi connectivity index (χ2v) is 8.94. The summed E-state index contributed by atoms with van der Waals surface area (Å²) in [5.41, 5.74) is 6.33. The summed E-state index contributed by atoms with van der Waals surface area (Å²) < 4.78 is 6.21. The van der Waals surface area contributed by atoms with Crippen LogP contribution in [0.2, 0.25) is 0 Å². The average molecular weight is 475 g/mol. The molecule has 3 nitrogen and oxygen atoms in total. The summed E-state index contributed by atoms with van der Waals surface area (Å²) >= 11 is 2.47. The lowest BCUT2D eigenvalue weighted by Gasteiger charge is -2.37. The standard InChI is InChI=1S/C23H26INO2/c1-4-25-10-9-17-20(13-25)18-12-21(24)14(2)11-19(18)22(17)15-5-7-16(8-6-15)23(26)27-3/h5-8,11-12,17,20,22H,4,9-10,13H2,1-3H3. The normalized spacial score (nSPS) is 24.4. The molecule has 0 aromatic heterocycles. The second-order valence-electron chi connectivity index (χ2n) is 7.77. The van der Waals surface area contributed by atoms with Gasteiger partial charge in [-0.2, -0.15) is 0 Å². The number of hydrogen-bond acceptors (Lipinski definition) is 3. The van der Waals surface area contributed by atoms with E-state index in [0.29, 0.717) is 23.3 Å². The lowest BCUT2D eigenvalue weighted by atomic mass is 9.78. The second kappa shape index (κ2) is 7.55. The number of fused-ring (bicyclic) bond motifs is 3. The van der Waals surface area contributed by atoms with E-state index in [9.17, 15) is 4.79 Å². The van der Waals surface area contributed by atoms with Gasteiger partial charge in [-0.25, -0.2) is 4.79 Å². The molecular weight excluding hydrogens is 449 g/mol. The Morgan fingerprint density at radius 1 is 1.22 bits per heavy atom. The Kier molecular flexibility index (Phi) is 5.30. The van der Waals surface area contributed by atoms with Crippen LogP contribution in [0.5, 0.6) is 0 Å². The molecule has 1 aliphatic carbocycles. The fraction of sp³-hybridized carbons (Fsp3) is 0.435. The number of hydrogen-bond donors (Lipinski definition) is 0. The molecule has 0 amide bonds. The van der Waals surface area contributed by atoms with E-state index in [4.69, 9.17) is 4.74 Å². The number of methoxy groups -OCH3 is 1. The first kappa shape index (κ1) is 18.9. The van der Waals surface area contributed by atoms with Gasteiger partial charge in [0.05, 0.1) is 12.7 Å². The number of aryl methyl sites for hydroxylation is 1. The van der Waals surface area contributed by atoms with Crippen molar-refractivity contribution >= 4 is 28.6 Å². The minimum Gasteiger partial charge on any atom is -0.465 e. The van der Waals surface area contributed by atoms with Crippen molar-refractivity contribution in [2.24, 2.45) is 5.92 Å². The average Bonchev–Trinajstić information content (AvgIpc) is 3.00. The van der Waals surface area contributed by atoms with Crippen LogP contribution in [0, 0.1) is 16.4 Å². The Morgan fingerprint density at radius 2 is 1.96 bits per heavy atom. The van der Waals surface area contributed by atoms with Crippen molar-refractivity contribution < 1.29 is 9.53 Å². The van der Waals surface area contributed by atoms with Gasteiger partial charge < -0.3 is 9.64 Å². The molecule has 0 bridgehead atoms. The van der Waals surface area contributed by atoms with Gasteiger partial charge in [0.1, 0.15) is 0 Å². The summed E-state index contributed by atoms with van der Waals surface area (Å²) in [5.74, 6) is 1.40. The van der Waals surface area contributed by atoms with Crippen LogP contribution >= 0.6 is 22.6 Å². The third kappa shape index (κ3) is 3.31. The van der Waals surface area contributed by atoms with E-state index in [-0.39, 0.29) is 5.97 Å². The summed E-state index contributed by atoms with van der Waals surface area (Å²) in [6.45, 7) is 7.93. The lowest BCUT2D eigenvalue weighted by molar-refractivity contribution is 0.0600. The number of piperidine rings is 1. The first-order valence-electron chi connectivity index (χ1n) is 9.74. The number of nitrogens with zero attached hydrogens (tertiary/aromatic N) is 1. The van der Waals surface area contributed by atoms with Gasteiger partial charge >= 0.3 is 5.97 Å². The Labute approximate surface area is 175 Å². The van der Waals surface area contributed by atoms with E-state index in [2.05, 4.69) is 65.6 Å². The minimum atomic E-state index is -0.270. The maximum absolute atomic E-state index is 11.8. The molecule has 142 valence electrons. The smallest absolute Gasteiger partial charge is 0.337 e. The molecule has 1 aliphatic heterocycles. The van der Waals surface area contributed by atoms with Gasteiger partial charge in [-0.15, -0.1) is 0 Å². The highest BCUT2D eigenvalue weighted by Gasteiger charge is 2.44. The first-order valence-corrected chi connectivity index (χ1v) is 10.8. The molecule has 0 spiro atoms. The SMILES string of the molecule is CCN1CCC2C(C1)c1cc(I)c(C)cc1C2c1ccc(C(=O)OC)cc1.